The Morgan fingerprint density at radius 1 is 1.21 bits per heavy atom. The lowest BCUT2D eigenvalue weighted by Gasteiger charge is -2.44. The standard InChI is InChI=1S/C18H23FN2O3/c19-15-7-3-5-13(11-15)17(22)20-18(23)24-12-14-6-4-10-21-9-2-1-8-16(14)21/h3,5,7,11,14,16H,1-2,4,6,8-10,12H2,(H,20,22,23)/t14-,16-/m0/s1. The molecule has 0 saturated carbocycles. The van der Waals surface area contributed by atoms with E-state index < -0.39 is 17.8 Å². The first-order valence-electron chi connectivity index (χ1n) is 8.61. The predicted molar refractivity (Wildman–Crippen MR) is 87.2 cm³/mol. The zero-order chi connectivity index (χ0) is 16.9. The topological polar surface area (TPSA) is 58.6 Å². The maximum Gasteiger partial charge on any atom is 0.414 e. The number of nitrogens with zero attached hydrogens (tertiary/aromatic N) is 1. The van der Waals surface area contributed by atoms with E-state index in [1.54, 1.807) is 0 Å². The Balaban J connectivity index is 1.49. The Morgan fingerprint density at radius 2 is 2.04 bits per heavy atom. The summed E-state index contributed by atoms with van der Waals surface area (Å²) >= 11 is 0. The van der Waals surface area contributed by atoms with Gasteiger partial charge in [0.05, 0.1) is 6.61 Å². The molecule has 0 radical (unpaired) electrons. The van der Waals surface area contributed by atoms with Crippen molar-refractivity contribution < 1.29 is 18.7 Å². The van der Waals surface area contributed by atoms with Crippen molar-refractivity contribution >= 4 is 12.0 Å². The summed E-state index contributed by atoms with van der Waals surface area (Å²) < 4.78 is 18.4. The van der Waals surface area contributed by atoms with Gasteiger partial charge in [-0.3, -0.25) is 15.0 Å². The molecule has 0 unspecified atom stereocenters. The zero-order valence-corrected chi connectivity index (χ0v) is 13.7. The summed E-state index contributed by atoms with van der Waals surface area (Å²) in [5.41, 5.74) is 0.100. The summed E-state index contributed by atoms with van der Waals surface area (Å²) in [6, 6.07) is 5.69. The first-order chi connectivity index (χ1) is 11.6. The van der Waals surface area contributed by atoms with Crippen molar-refractivity contribution in [2.75, 3.05) is 19.7 Å². The van der Waals surface area contributed by atoms with Crippen molar-refractivity contribution in [1.82, 2.24) is 10.2 Å². The first-order valence-corrected chi connectivity index (χ1v) is 8.61. The largest absolute Gasteiger partial charge is 0.449 e. The highest BCUT2D eigenvalue weighted by molar-refractivity contribution is 6.02. The molecule has 2 aliphatic heterocycles. The Hall–Kier alpha value is -1.95. The molecule has 0 aliphatic carbocycles. The van der Waals surface area contributed by atoms with E-state index in [-0.39, 0.29) is 5.56 Å². The number of ether oxygens (including phenoxy) is 1. The second kappa shape index (κ2) is 7.75. The van der Waals surface area contributed by atoms with Gasteiger partial charge in [-0.05, 0) is 57.0 Å². The number of hydrogen-bond donors (Lipinski definition) is 1. The summed E-state index contributed by atoms with van der Waals surface area (Å²) in [6.07, 6.45) is 5.02. The average molecular weight is 334 g/mol. The van der Waals surface area contributed by atoms with E-state index in [1.807, 2.05) is 0 Å². The molecule has 0 bridgehead atoms. The van der Waals surface area contributed by atoms with E-state index in [2.05, 4.69) is 10.2 Å². The Labute approximate surface area is 141 Å². The first kappa shape index (κ1) is 16.9. The van der Waals surface area contributed by atoms with Crippen molar-refractivity contribution in [1.29, 1.82) is 0 Å². The van der Waals surface area contributed by atoms with Gasteiger partial charge >= 0.3 is 6.09 Å². The highest BCUT2D eigenvalue weighted by Gasteiger charge is 2.33. The monoisotopic (exact) mass is 334 g/mol. The van der Waals surface area contributed by atoms with Gasteiger partial charge in [-0.1, -0.05) is 12.5 Å². The number of nitrogens with one attached hydrogen (secondary N) is 1. The summed E-state index contributed by atoms with van der Waals surface area (Å²) in [4.78, 5) is 26.2. The number of amides is 2. The fourth-order valence-corrected chi connectivity index (χ4v) is 3.78. The van der Waals surface area contributed by atoms with Crippen LogP contribution in [0.4, 0.5) is 9.18 Å². The highest BCUT2D eigenvalue weighted by Crippen LogP contribution is 2.30. The summed E-state index contributed by atoms with van der Waals surface area (Å²) in [7, 11) is 0. The smallest absolute Gasteiger partial charge is 0.414 e. The fourth-order valence-electron chi connectivity index (χ4n) is 3.78. The molecular formula is C18H23FN2O3. The van der Waals surface area contributed by atoms with Crippen molar-refractivity contribution in [3.8, 4) is 0 Å². The predicted octanol–water partition coefficient (Wildman–Crippen LogP) is 2.96. The molecule has 2 saturated heterocycles. The molecule has 0 spiro atoms. The van der Waals surface area contributed by atoms with Gasteiger partial charge < -0.3 is 4.74 Å². The number of rotatable bonds is 3. The number of carbonyl (C=O) groups excluding carboxylic acids is 2. The summed E-state index contributed by atoms with van der Waals surface area (Å²) in [6.45, 7) is 2.58. The van der Waals surface area contributed by atoms with Crippen LogP contribution in [-0.4, -0.2) is 42.6 Å². The van der Waals surface area contributed by atoms with Gasteiger partial charge in [-0.25, -0.2) is 9.18 Å². The second-order valence-electron chi connectivity index (χ2n) is 6.56. The third-order valence-corrected chi connectivity index (χ3v) is 4.96. The van der Waals surface area contributed by atoms with E-state index in [0.717, 1.165) is 38.4 Å². The molecule has 2 aliphatic rings. The van der Waals surface area contributed by atoms with Crippen molar-refractivity contribution in [2.24, 2.45) is 5.92 Å². The van der Waals surface area contributed by atoms with Gasteiger partial charge in [0.1, 0.15) is 5.82 Å². The number of fused-ring (bicyclic) bond motifs is 1. The van der Waals surface area contributed by atoms with Crippen molar-refractivity contribution in [3.05, 3.63) is 35.6 Å². The number of imide groups is 1. The lowest BCUT2D eigenvalue weighted by Crippen LogP contribution is -2.49. The number of carbonyl (C=O) groups is 2. The molecule has 2 atom stereocenters. The Morgan fingerprint density at radius 3 is 2.88 bits per heavy atom. The molecule has 2 heterocycles. The van der Waals surface area contributed by atoms with Crippen LogP contribution in [0.3, 0.4) is 0 Å². The van der Waals surface area contributed by atoms with E-state index >= 15 is 0 Å². The second-order valence-corrected chi connectivity index (χ2v) is 6.56. The van der Waals surface area contributed by atoms with E-state index in [4.69, 9.17) is 4.74 Å². The van der Waals surface area contributed by atoms with Crippen LogP contribution in [0.1, 0.15) is 42.5 Å². The molecule has 24 heavy (non-hydrogen) atoms. The normalized spacial score (nSPS) is 24.0. The van der Waals surface area contributed by atoms with E-state index in [9.17, 15) is 14.0 Å². The minimum atomic E-state index is -0.766. The van der Waals surface area contributed by atoms with Crippen LogP contribution >= 0.6 is 0 Å². The maximum atomic E-state index is 13.1. The third-order valence-electron chi connectivity index (χ3n) is 4.96. The van der Waals surface area contributed by atoms with Gasteiger partial charge in [0.15, 0.2) is 0 Å². The lowest BCUT2D eigenvalue weighted by atomic mass is 9.84. The van der Waals surface area contributed by atoms with E-state index in [1.165, 1.54) is 31.0 Å². The number of benzene rings is 1. The molecule has 2 amide bonds. The highest BCUT2D eigenvalue weighted by atomic mass is 19.1. The maximum absolute atomic E-state index is 13.1. The third kappa shape index (κ3) is 4.12. The number of piperidine rings is 2. The molecule has 130 valence electrons. The SMILES string of the molecule is O=C(NC(=O)c1cccc(F)c1)OC[C@@H]1CCCN2CCCC[C@@H]12. The molecule has 1 aromatic carbocycles. The van der Waals surface area contributed by atoms with Crippen LogP contribution in [-0.2, 0) is 4.74 Å². The quantitative estimate of drug-likeness (QED) is 0.923. The number of halogens is 1. The van der Waals surface area contributed by atoms with Gasteiger partial charge in [-0.2, -0.15) is 0 Å². The molecule has 1 aromatic rings. The summed E-state index contributed by atoms with van der Waals surface area (Å²) in [5, 5.41) is 2.15. The minimum absolute atomic E-state index is 0.100. The molecule has 0 aromatic heterocycles. The molecule has 5 nitrogen and oxygen atoms in total. The van der Waals surface area contributed by atoms with Gasteiger partial charge in [0.2, 0.25) is 0 Å². The Kier molecular flexibility index (Phi) is 5.45. The number of hydrogen-bond acceptors (Lipinski definition) is 4. The zero-order valence-electron chi connectivity index (χ0n) is 13.7. The van der Waals surface area contributed by atoms with Gasteiger partial charge in [-0.15, -0.1) is 0 Å². The van der Waals surface area contributed by atoms with Crippen molar-refractivity contribution in [3.63, 3.8) is 0 Å². The van der Waals surface area contributed by atoms with Crippen molar-refractivity contribution in [2.45, 2.75) is 38.1 Å². The van der Waals surface area contributed by atoms with Gasteiger partial charge in [0.25, 0.3) is 5.91 Å². The van der Waals surface area contributed by atoms with Crippen LogP contribution in [0.15, 0.2) is 24.3 Å². The molecule has 2 fully saturated rings. The molecule has 6 heteroatoms. The molecular weight excluding hydrogens is 311 g/mol. The Bertz CT molecular complexity index is 606. The number of alkyl carbamates (subject to hydrolysis) is 1. The lowest BCUT2D eigenvalue weighted by molar-refractivity contribution is 0.0235. The summed E-state index contributed by atoms with van der Waals surface area (Å²) in [5.74, 6) is -0.841. The molecule has 1 N–H and O–H groups in total. The van der Waals surface area contributed by atoms with Crippen LogP contribution in [0, 0.1) is 11.7 Å². The minimum Gasteiger partial charge on any atom is -0.449 e. The van der Waals surface area contributed by atoms with Crippen LogP contribution in [0.25, 0.3) is 0 Å². The van der Waals surface area contributed by atoms with Crippen LogP contribution in [0.5, 0.6) is 0 Å². The van der Waals surface area contributed by atoms with Gasteiger partial charge in [0, 0.05) is 17.5 Å². The van der Waals surface area contributed by atoms with Crippen LogP contribution in [0.2, 0.25) is 0 Å². The van der Waals surface area contributed by atoms with Crippen LogP contribution < -0.4 is 5.32 Å². The van der Waals surface area contributed by atoms with E-state index in [0.29, 0.717) is 18.6 Å². The fraction of sp³-hybridized carbons (Fsp3) is 0.556. The average Bonchev–Trinajstić information content (AvgIpc) is 2.60. The molecule has 3 rings (SSSR count).